The first-order chi connectivity index (χ1) is 11.4. The van der Waals surface area contributed by atoms with Crippen LogP contribution in [0.5, 0.6) is 5.75 Å². The molecule has 1 atom stereocenters. The summed E-state index contributed by atoms with van der Waals surface area (Å²) in [6.07, 6.45) is 2.33. The van der Waals surface area contributed by atoms with E-state index < -0.39 is 33.6 Å². The number of hydrogen-bond donors (Lipinski definition) is 2. The maximum atomic E-state index is 12.0. The number of nitrogens with one attached hydrogen (secondary N) is 1. The molecule has 1 aromatic carbocycles. The zero-order valence-electron chi connectivity index (χ0n) is 13.2. The van der Waals surface area contributed by atoms with Gasteiger partial charge >= 0.3 is 5.97 Å². The van der Waals surface area contributed by atoms with E-state index in [0.717, 1.165) is 12.0 Å². The van der Waals surface area contributed by atoms with Gasteiger partial charge in [0.25, 0.3) is 0 Å². The molecular formula is C16H21NO6S. The third kappa shape index (κ3) is 5.23. The molecule has 1 fully saturated rings. The molecule has 8 heteroatoms. The van der Waals surface area contributed by atoms with Crippen LogP contribution in [0.1, 0.15) is 24.8 Å². The van der Waals surface area contributed by atoms with Crippen LogP contribution in [-0.4, -0.2) is 49.6 Å². The molecule has 1 aromatic rings. The summed E-state index contributed by atoms with van der Waals surface area (Å²) in [5.74, 6) is -0.919. The lowest BCUT2D eigenvalue weighted by molar-refractivity contribution is -0.139. The summed E-state index contributed by atoms with van der Waals surface area (Å²) in [5.41, 5.74) is 0.935. The van der Waals surface area contributed by atoms with E-state index in [1.54, 1.807) is 24.3 Å². The molecule has 1 heterocycles. The molecule has 0 spiro atoms. The number of aliphatic carboxylic acids is 1. The van der Waals surface area contributed by atoms with Crippen LogP contribution in [-0.2, 0) is 25.8 Å². The minimum atomic E-state index is -3.31. The standard InChI is InChI=1S/C16H21NO6S/c18-15(19)11-23-13-6-4-12(5-7-13)8-9-17-16(20)14-3-1-2-10-24(14,21)22/h4-7,14H,1-3,8-11H2,(H,17,20)(H,18,19). The van der Waals surface area contributed by atoms with Crippen LogP contribution in [0.25, 0.3) is 0 Å². The van der Waals surface area contributed by atoms with Crippen LogP contribution in [0.3, 0.4) is 0 Å². The molecule has 7 nitrogen and oxygen atoms in total. The molecule has 0 aromatic heterocycles. The summed E-state index contributed by atoms with van der Waals surface area (Å²) in [4.78, 5) is 22.5. The summed E-state index contributed by atoms with van der Waals surface area (Å²) >= 11 is 0. The van der Waals surface area contributed by atoms with Gasteiger partial charge in [0.2, 0.25) is 5.91 Å². The lowest BCUT2D eigenvalue weighted by atomic mass is 10.1. The van der Waals surface area contributed by atoms with E-state index in [-0.39, 0.29) is 5.75 Å². The van der Waals surface area contributed by atoms with Crippen molar-refractivity contribution in [3.63, 3.8) is 0 Å². The SMILES string of the molecule is O=C(O)COc1ccc(CCNC(=O)C2CCCCS2(=O)=O)cc1. The zero-order chi connectivity index (χ0) is 17.6. The predicted octanol–water partition coefficient (Wildman–Crippen LogP) is 0.776. The van der Waals surface area contributed by atoms with Gasteiger partial charge in [0.15, 0.2) is 16.4 Å². The molecule has 1 aliphatic rings. The fraction of sp³-hybridized carbons (Fsp3) is 0.500. The van der Waals surface area contributed by atoms with Crippen molar-refractivity contribution >= 4 is 21.7 Å². The van der Waals surface area contributed by atoms with Crippen molar-refractivity contribution in [2.75, 3.05) is 18.9 Å². The maximum Gasteiger partial charge on any atom is 0.341 e. The zero-order valence-corrected chi connectivity index (χ0v) is 14.0. The number of carbonyl (C=O) groups excluding carboxylic acids is 1. The fourth-order valence-electron chi connectivity index (χ4n) is 2.59. The van der Waals surface area contributed by atoms with Crippen LogP contribution in [0.4, 0.5) is 0 Å². The molecule has 0 saturated carbocycles. The minimum absolute atomic E-state index is 0.0862. The van der Waals surface area contributed by atoms with E-state index in [1.807, 2.05) is 0 Å². The van der Waals surface area contributed by atoms with E-state index in [9.17, 15) is 18.0 Å². The third-order valence-corrected chi connectivity index (χ3v) is 6.04. The molecule has 1 saturated heterocycles. The molecule has 132 valence electrons. The summed E-state index contributed by atoms with van der Waals surface area (Å²) in [7, 11) is -3.31. The van der Waals surface area contributed by atoms with Crippen LogP contribution in [0.15, 0.2) is 24.3 Å². The van der Waals surface area contributed by atoms with Crippen molar-refractivity contribution in [3.8, 4) is 5.75 Å². The number of carboxylic acids is 1. The lowest BCUT2D eigenvalue weighted by Gasteiger charge is -2.21. The summed E-state index contributed by atoms with van der Waals surface area (Å²) in [6.45, 7) is -0.0501. The molecule has 1 amide bonds. The van der Waals surface area contributed by atoms with E-state index >= 15 is 0 Å². The minimum Gasteiger partial charge on any atom is -0.482 e. The second-order valence-electron chi connectivity index (χ2n) is 5.72. The van der Waals surface area contributed by atoms with Crippen LogP contribution < -0.4 is 10.1 Å². The maximum absolute atomic E-state index is 12.0. The first kappa shape index (κ1) is 18.3. The van der Waals surface area contributed by atoms with Gasteiger partial charge in [-0.3, -0.25) is 4.79 Å². The Morgan fingerprint density at radius 3 is 2.54 bits per heavy atom. The van der Waals surface area contributed by atoms with Crippen molar-refractivity contribution in [1.29, 1.82) is 0 Å². The van der Waals surface area contributed by atoms with Crippen molar-refractivity contribution in [2.45, 2.75) is 30.9 Å². The Morgan fingerprint density at radius 1 is 1.21 bits per heavy atom. The summed E-state index contributed by atoms with van der Waals surface area (Å²) < 4.78 is 28.8. The predicted molar refractivity (Wildman–Crippen MR) is 87.7 cm³/mol. The summed E-state index contributed by atoms with van der Waals surface area (Å²) in [6, 6.07) is 6.87. The number of ether oxygens (including phenoxy) is 1. The van der Waals surface area contributed by atoms with Crippen LogP contribution >= 0.6 is 0 Å². The molecule has 24 heavy (non-hydrogen) atoms. The number of rotatable bonds is 7. The average molecular weight is 355 g/mol. The van der Waals surface area contributed by atoms with E-state index in [1.165, 1.54) is 0 Å². The van der Waals surface area contributed by atoms with Gasteiger partial charge in [0.1, 0.15) is 11.0 Å². The lowest BCUT2D eigenvalue weighted by Crippen LogP contribution is -2.43. The molecule has 1 unspecified atom stereocenters. The van der Waals surface area contributed by atoms with Gasteiger partial charge in [-0.1, -0.05) is 18.6 Å². The van der Waals surface area contributed by atoms with Gasteiger partial charge in [-0.25, -0.2) is 13.2 Å². The van der Waals surface area contributed by atoms with Gasteiger partial charge in [-0.15, -0.1) is 0 Å². The number of sulfone groups is 1. The Kier molecular flexibility index (Phi) is 6.19. The van der Waals surface area contributed by atoms with Gasteiger partial charge < -0.3 is 15.2 Å². The van der Waals surface area contributed by atoms with Crippen LogP contribution in [0, 0.1) is 0 Å². The van der Waals surface area contributed by atoms with Gasteiger partial charge in [-0.05, 0) is 37.0 Å². The fourth-order valence-corrected chi connectivity index (χ4v) is 4.42. The number of benzene rings is 1. The van der Waals surface area contributed by atoms with Crippen molar-refractivity contribution in [3.05, 3.63) is 29.8 Å². The smallest absolute Gasteiger partial charge is 0.341 e. The topological polar surface area (TPSA) is 110 Å². The van der Waals surface area contributed by atoms with Crippen LogP contribution in [0.2, 0.25) is 0 Å². The first-order valence-corrected chi connectivity index (χ1v) is 9.53. The Bertz CT molecular complexity index is 683. The molecule has 0 radical (unpaired) electrons. The molecule has 2 N–H and O–H groups in total. The Labute approximate surface area is 140 Å². The quantitative estimate of drug-likeness (QED) is 0.748. The second-order valence-corrected chi connectivity index (χ2v) is 8.02. The van der Waals surface area contributed by atoms with E-state index in [0.29, 0.717) is 31.6 Å². The van der Waals surface area contributed by atoms with Crippen molar-refractivity contribution in [1.82, 2.24) is 5.32 Å². The largest absolute Gasteiger partial charge is 0.482 e. The van der Waals surface area contributed by atoms with Gasteiger partial charge in [0, 0.05) is 6.54 Å². The van der Waals surface area contributed by atoms with Crippen molar-refractivity contribution < 1.29 is 27.9 Å². The molecule has 1 aliphatic heterocycles. The summed E-state index contributed by atoms with van der Waals surface area (Å²) in [5, 5.41) is 10.3. The highest BCUT2D eigenvalue weighted by atomic mass is 32.2. The van der Waals surface area contributed by atoms with E-state index in [4.69, 9.17) is 9.84 Å². The number of hydrogen-bond acceptors (Lipinski definition) is 5. The van der Waals surface area contributed by atoms with E-state index in [2.05, 4.69) is 5.32 Å². The highest BCUT2D eigenvalue weighted by molar-refractivity contribution is 7.92. The number of carboxylic acid groups (broad SMARTS) is 1. The average Bonchev–Trinajstić information content (AvgIpc) is 2.53. The van der Waals surface area contributed by atoms with Gasteiger partial charge in [0.05, 0.1) is 5.75 Å². The third-order valence-electron chi connectivity index (χ3n) is 3.87. The number of amides is 1. The number of carbonyl (C=O) groups is 2. The Morgan fingerprint density at radius 2 is 1.92 bits per heavy atom. The first-order valence-electron chi connectivity index (χ1n) is 7.81. The Balaban J connectivity index is 1.79. The molecule has 0 aliphatic carbocycles. The Hall–Kier alpha value is -2.09. The van der Waals surface area contributed by atoms with Gasteiger partial charge in [-0.2, -0.15) is 0 Å². The molecule has 2 rings (SSSR count). The normalized spacial score (nSPS) is 19.4. The second kappa shape index (κ2) is 8.14. The monoisotopic (exact) mass is 355 g/mol. The highest BCUT2D eigenvalue weighted by Gasteiger charge is 2.34. The van der Waals surface area contributed by atoms with Crippen molar-refractivity contribution in [2.24, 2.45) is 0 Å². The highest BCUT2D eigenvalue weighted by Crippen LogP contribution is 2.19. The molecule has 0 bridgehead atoms. The molecular weight excluding hydrogens is 334 g/mol.